The number of carbonyl (C=O) groups excluding carboxylic acids is 1. The number of aryl methyl sites for hydroxylation is 1. The fraction of sp³-hybridized carbons (Fsp3) is 0.222. The summed E-state index contributed by atoms with van der Waals surface area (Å²) < 4.78 is 6.05. The normalized spacial score (nSPS) is 10.5. The van der Waals surface area contributed by atoms with Gasteiger partial charge in [-0.15, -0.1) is 0 Å². The molecule has 2 rings (SSSR count). The first-order valence-electron chi connectivity index (χ1n) is 4.29. The fourth-order valence-electron chi connectivity index (χ4n) is 1.40. The highest BCUT2D eigenvalue weighted by atomic mass is 16.5. The van der Waals surface area contributed by atoms with Gasteiger partial charge in [0, 0.05) is 11.8 Å². The number of methoxy groups -OCH3 is 1. The van der Waals surface area contributed by atoms with Crippen molar-refractivity contribution in [3.8, 4) is 0 Å². The van der Waals surface area contributed by atoms with Crippen molar-refractivity contribution in [1.29, 1.82) is 0 Å². The Balaban J connectivity index is 2.80. The number of carbonyl (C=O) groups is 1. The van der Waals surface area contributed by atoms with Gasteiger partial charge in [-0.05, 0) is 6.92 Å². The third-order valence-corrected chi connectivity index (χ3v) is 2.09. The molecule has 0 atom stereocenters. The molecule has 2 heterocycles. The van der Waals surface area contributed by atoms with E-state index in [9.17, 15) is 9.59 Å². The first-order chi connectivity index (χ1) is 7.13. The van der Waals surface area contributed by atoms with Gasteiger partial charge in [0.25, 0.3) is 5.56 Å². The topological polar surface area (TPSA) is 76.5 Å². The van der Waals surface area contributed by atoms with Crippen molar-refractivity contribution in [2.45, 2.75) is 6.92 Å². The Kier molecular flexibility index (Phi) is 2.03. The SMILES string of the molecule is COC(=O)c1cnn2c(C)cc(=O)[nH]c12. The van der Waals surface area contributed by atoms with Gasteiger partial charge in [-0.2, -0.15) is 5.10 Å². The van der Waals surface area contributed by atoms with Gasteiger partial charge < -0.3 is 9.72 Å². The van der Waals surface area contributed by atoms with Gasteiger partial charge in [-0.1, -0.05) is 0 Å². The van der Waals surface area contributed by atoms with Gasteiger partial charge in [0.1, 0.15) is 5.56 Å². The number of hydrogen-bond donors (Lipinski definition) is 1. The zero-order chi connectivity index (χ0) is 11.0. The Morgan fingerprint density at radius 1 is 1.60 bits per heavy atom. The van der Waals surface area contributed by atoms with Crippen LogP contribution in [0.5, 0.6) is 0 Å². The lowest BCUT2D eigenvalue weighted by Crippen LogP contribution is -2.11. The molecule has 0 aliphatic carbocycles. The molecule has 78 valence electrons. The zero-order valence-electron chi connectivity index (χ0n) is 8.27. The van der Waals surface area contributed by atoms with Gasteiger partial charge in [-0.3, -0.25) is 4.79 Å². The highest BCUT2D eigenvalue weighted by molar-refractivity contribution is 5.95. The molecule has 0 aliphatic heterocycles. The van der Waals surface area contributed by atoms with E-state index in [1.807, 2.05) is 0 Å². The van der Waals surface area contributed by atoms with Crippen molar-refractivity contribution >= 4 is 11.6 Å². The minimum atomic E-state index is -0.522. The third-order valence-electron chi connectivity index (χ3n) is 2.09. The van der Waals surface area contributed by atoms with Gasteiger partial charge in [0.2, 0.25) is 0 Å². The molecule has 0 aliphatic rings. The van der Waals surface area contributed by atoms with Gasteiger partial charge in [-0.25, -0.2) is 9.31 Å². The summed E-state index contributed by atoms with van der Waals surface area (Å²) in [6.07, 6.45) is 1.37. The number of fused-ring (bicyclic) bond motifs is 1. The molecule has 0 saturated carbocycles. The summed E-state index contributed by atoms with van der Waals surface area (Å²) in [4.78, 5) is 25.1. The van der Waals surface area contributed by atoms with E-state index >= 15 is 0 Å². The van der Waals surface area contributed by atoms with Gasteiger partial charge in [0.15, 0.2) is 5.65 Å². The summed E-state index contributed by atoms with van der Waals surface area (Å²) in [5, 5.41) is 3.97. The molecule has 6 heteroatoms. The molecule has 0 aromatic carbocycles. The van der Waals surface area contributed by atoms with Crippen molar-refractivity contribution in [3.05, 3.63) is 33.9 Å². The van der Waals surface area contributed by atoms with Crippen molar-refractivity contribution in [1.82, 2.24) is 14.6 Å². The summed E-state index contributed by atoms with van der Waals surface area (Å²) in [6.45, 7) is 1.73. The van der Waals surface area contributed by atoms with Crippen LogP contribution in [0.15, 0.2) is 17.1 Å². The number of aromatic nitrogens is 3. The maximum atomic E-state index is 11.3. The molecular weight excluding hydrogens is 198 g/mol. The second-order valence-electron chi connectivity index (χ2n) is 3.09. The van der Waals surface area contributed by atoms with Gasteiger partial charge >= 0.3 is 5.97 Å². The summed E-state index contributed by atoms with van der Waals surface area (Å²) in [5.41, 5.74) is 0.986. The van der Waals surface area contributed by atoms with Crippen LogP contribution in [0.25, 0.3) is 5.65 Å². The van der Waals surface area contributed by atoms with E-state index in [0.717, 1.165) is 0 Å². The lowest BCUT2D eigenvalue weighted by molar-refractivity contribution is 0.0602. The molecule has 15 heavy (non-hydrogen) atoms. The minimum Gasteiger partial charge on any atom is -0.465 e. The van der Waals surface area contributed by atoms with E-state index in [-0.39, 0.29) is 11.1 Å². The van der Waals surface area contributed by atoms with Crippen LogP contribution >= 0.6 is 0 Å². The number of aromatic amines is 1. The lowest BCUT2D eigenvalue weighted by Gasteiger charge is -1.99. The predicted octanol–water partition coefficient (Wildman–Crippen LogP) is 0.118. The van der Waals surface area contributed by atoms with Crippen LogP contribution in [0, 0.1) is 6.92 Å². The second kappa shape index (κ2) is 3.23. The standard InChI is InChI=1S/C9H9N3O3/c1-5-3-7(13)11-8-6(9(14)15-2)4-10-12(5)8/h3-4H,1-2H3,(H,11,13). The number of esters is 1. The fourth-order valence-corrected chi connectivity index (χ4v) is 1.40. The molecule has 0 saturated heterocycles. The van der Waals surface area contributed by atoms with Crippen LogP contribution in [-0.4, -0.2) is 27.7 Å². The Morgan fingerprint density at radius 3 is 3.00 bits per heavy atom. The summed E-state index contributed by atoms with van der Waals surface area (Å²) >= 11 is 0. The molecule has 0 fully saturated rings. The molecule has 6 nitrogen and oxygen atoms in total. The molecule has 2 aromatic rings. The van der Waals surface area contributed by atoms with Gasteiger partial charge in [0.05, 0.1) is 13.3 Å². The first-order valence-corrected chi connectivity index (χ1v) is 4.29. The largest absolute Gasteiger partial charge is 0.465 e. The first kappa shape index (κ1) is 9.45. The Hall–Kier alpha value is -2.11. The van der Waals surface area contributed by atoms with E-state index < -0.39 is 5.97 Å². The average Bonchev–Trinajstić information content (AvgIpc) is 2.60. The molecule has 0 unspecified atom stereocenters. The smallest absolute Gasteiger partial charge is 0.343 e. The monoisotopic (exact) mass is 207 g/mol. The van der Waals surface area contributed by atoms with E-state index in [4.69, 9.17) is 0 Å². The molecule has 2 aromatic heterocycles. The quantitative estimate of drug-likeness (QED) is 0.674. The third kappa shape index (κ3) is 1.39. The van der Waals surface area contributed by atoms with Crippen molar-refractivity contribution in [2.75, 3.05) is 7.11 Å². The Morgan fingerprint density at radius 2 is 2.33 bits per heavy atom. The minimum absolute atomic E-state index is 0.248. The van der Waals surface area contributed by atoms with E-state index in [0.29, 0.717) is 11.3 Å². The Bertz CT molecular complexity index is 582. The van der Waals surface area contributed by atoms with Crippen LogP contribution in [0.2, 0.25) is 0 Å². The summed E-state index contributed by atoms with van der Waals surface area (Å²) in [7, 11) is 1.28. The number of ether oxygens (including phenoxy) is 1. The van der Waals surface area contributed by atoms with Crippen molar-refractivity contribution in [2.24, 2.45) is 0 Å². The number of rotatable bonds is 1. The van der Waals surface area contributed by atoms with Crippen LogP contribution in [0.1, 0.15) is 16.1 Å². The van der Waals surface area contributed by atoms with Crippen molar-refractivity contribution in [3.63, 3.8) is 0 Å². The molecular formula is C9H9N3O3. The highest BCUT2D eigenvalue weighted by Gasteiger charge is 2.14. The van der Waals surface area contributed by atoms with E-state index in [1.54, 1.807) is 6.92 Å². The number of H-pyrrole nitrogens is 1. The van der Waals surface area contributed by atoms with Crippen LogP contribution in [0.4, 0.5) is 0 Å². The van der Waals surface area contributed by atoms with Crippen LogP contribution < -0.4 is 5.56 Å². The predicted molar refractivity (Wildman–Crippen MR) is 51.9 cm³/mol. The average molecular weight is 207 g/mol. The maximum absolute atomic E-state index is 11.3. The zero-order valence-corrected chi connectivity index (χ0v) is 8.27. The number of hydrogen-bond acceptors (Lipinski definition) is 4. The summed E-state index contributed by atoms with van der Waals surface area (Å²) in [6, 6.07) is 1.40. The number of nitrogens with one attached hydrogen (secondary N) is 1. The molecule has 0 radical (unpaired) electrons. The highest BCUT2D eigenvalue weighted by Crippen LogP contribution is 2.08. The molecule has 0 bridgehead atoms. The Labute approximate surface area is 84.5 Å². The molecule has 0 spiro atoms. The van der Waals surface area contributed by atoms with E-state index in [2.05, 4.69) is 14.8 Å². The maximum Gasteiger partial charge on any atom is 0.343 e. The number of nitrogens with zero attached hydrogens (tertiary/aromatic N) is 2. The molecule has 1 N–H and O–H groups in total. The van der Waals surface area contributed by atoms with Crippen LogP contribution in [-0.2, 0) is 4.74 Å². The van der Waals surface area contributed by atoms with Crippen LogP contribution in [0.3, 0.4) is 0 Å². The molecule has 0 amide bonds. The van der Waals surface area contributed by atoms with E-state index in [1.165, 1.54) is 23.9 Å². The summed E-state index contributed by atoms with van der Waals surface area (Å²) in [5.74, 6) is -0.522. The van der Waals surface area contributed by atoms with Crippen molar-refractivity contribution < 1.29 is 9.53 Å². The lowest BCUT2D eigenvalue weighted by atomic mass is 10.3. The second-order valence-corrected chi connectivity index (χ2v) is 3.09.